The number of anilines is 1. The van der Waals surface area contributed by atoms with Gasteiger partial charge >= 0.3 is 0 Å². The summed E-state index contributed by atoms with van der Waals surface area (Å²) in [6.07, 6.45) is 0. The SMILES string of the molecule is Cc1ccc(NC(=O)CN2CCN(C(C)C(=O)N3CCOCC3)CC2)cc1Cl. The van der Waals surface area contributed by atoms with E-state index in [0.29, 0.717) is 43.6 Å². The summed E-state index contributed by atoms with van der Waals surface area (Å²) in [6, 6.07) is 5.38. The highest BCUT2D eigenvalue weighted by molar-refractivity contribution is 6.31. The Morgan fingerprint density at radius 2 is 1.82 bits per heavy atom. The van der Waals surface area contributed by atoms with Gasteiger partial charge in [0.05, 0.1) is 25.8 Å². The summed E-state index contributed by atoms with van der Waals surface area (Å²) in [5.41, 5.74) is 1.69. The summed E-state index contributed by atoms with van der Waals surface area (Å²) in [4.78, 5) is 31.2. The van der Waals surface area contributed by atoms with Gasteiger partial charge in [-0.2, -0.15) is 0 Å². The van der Waals surface area contributed by atoms with Gasteiger partial charge in [0.2, 0.25) is 11.8 Å². The van der Waals surface area contributed by atoms with Crippen LogP contribution in [0.3, 0.4) is 0 Å². The van der Waals surface area contributed by atoms with Crippen molar-refractivity contribution in [2.45, 2.75) is 19.9 Å². The highest BCUT2D eigenvalue weighted by Gasteiger charge is 2.29. The molecule has 1 aromatic rings. The van der Waals surface area contributed by atoms with Gasteiger partial charge in [-0.05, 0) is 31.5 Å². The third kappa shape index (κ3) is 5.44. The average molecular weight is 409 g/mol. The molecule has 2 saturated heterocycles. The number of carbonyl (C=O) groups excluding carboxylic acids is 2. The van der Waals surface area contributed by atoms with Gasteiger partial charge in [-0.3, -0.25) is 19.4 Å². The molecule has 1 aromatic carbocycles. The van der Waals surface area contributed by atoms with E-state index >= 15 is 0 Å². The second-order valence-electron chi connectivity index (χ2n) is 7.44. The van der Waals surface area contributed by atoms with Crippen LogP contribution in [-0.4, -0.2) is 91.6 Å². The number of halogens is 1. The highest BCUT2D eigenvalue weighted by atomic mass is 35.5. The molecule has 0 bridgehead atoms. The largest absolute Gasteiger partial charge is 0.378 e. The van der Waals surface area contributed by atoms with Crippen LogP contribution in [0.25, 0.3) is 0 Å². The summed E-state index contributed by atoms with van der Waals surface area (Å²) >= 11 is 6.11. The van der Waals surface area contributed by atoms with Gasteiger partial charge in [0.15, 0.2) is 0 Å². The summed E-state index contributed by atoms with van der Waals surface area (Å²) in [5, 5.41) is 3.55. The monoisotopic (exact) mass is 408 g/mol. The van der Waals surface area contributed by atoms with Gasteiger partial charge in [-0.15, -0.1) is 0 Å². The minimum absolute atomic E-state index is 0.0502. The smallest absolute Gasteiger partial charge is 0.239 e. The zero-order chi connectivity index (χ0) is 20.1. The topological polar surface area (TPSA) is 65.1 Å². The number of amides is 2. The maximum absolute atomic E-state index is 12.7. The number of hydrogen-bond donors (Lipinski definition) is 1. The zero-order valence-electron chi connectivity index (χ0n) is 16.6. The van der Waals surface area contributed by atoms with E-state index in [4.69, 9.17) is 16.3 Å². The van der Waals surface area contributed by atoms with E-state index in [-0.39, 0.29) is 17.9 Å². The molecule has 2 heterocycles. The van der Waals surface area contributed by atoms with E-state index in [2.05, 4.69) is 15.1 Å². The molecule has 0 aromatic heterocycles. The summed E-state index contributed by atoms with van der Waals surface area (Å²) in [6.45, 7) is 9.91. The number of hydrogen-bond acceptors (Lipinski definition) is 5. The van der Waals surface area contributed by atoms with Crippen molar-refractivity contribution in [3.63, 3.8) is 0 Å². The molecule has 0 spiro atoms. The number of carbonyl (C=O) groups is 2. The quantitative estimate of drug-likeness (QED) is 0.798. The predicted octanol–water partition coefficient (Wildman–Crippen LogP) is 1.45. The van der Waals surface area contributed by atoms with Crippen LogP contribution in [0.2, 0.25) is 5.02 Å². The first kappa shape index (κ1) is 21.0. The molecule has 1 atom stereocenters. The number of morpholine rings is 1. The van der Waals surface area contributed by atoms with Crippen molar-refractivity contribution < 1.29 is 14.3 Å². The van der Waals surface area contributed by atoms with Crippen LogP contribution in [0, 0.1) is 6.92 Å². The van der Waals surface area contributed by atoms with Crippen molar-refractivity contribution in [3.05, 3.63) is 28.8 Å². The van der Waals surface area contributed by atoms with E-state index in [1.54, 1.807) is 6.07 Å². The molecule has 2 fully saturated rings. The lowest BCUT2D eigenvalue weighted by Crippen LogP contribution is -2.56. The predicted molar refractivity (Wildman–Crippen MR) is 110 cm³/mol. The number of nitrogens with one attached hydrogen (secondary N) is 1. The van der Waals surface area contributed by atoms with E-state index in [9.17, 15) is 9.59 Å². The van der Waals surface area contributed by atoms with Crippen LogP contribution in [0.5, 0.6) is 0 Å². The molecule has 2 aliphatic heterocycles. The number of aryl methyl sites for hydroxylation is 1. The number of piperazine rings is 1. The molecule has 7 nitrogen and oxygen atoms in total. The lowest BCUT2D eigenvalue weighted by molar-refractivity contribution is -0.141. The first-order valence-corrected chi connectivity index (χ1v) is 10.2. The van der Waals surface area contributed by atoms with Gasteiger partial charge in [-0.25, -0.2) is 0 Å². The Balaban J connectivity index is 1.43. The summed E-state index contributed by atoms with van der Waals surface area (Å²) < 4.78 is 5.32. The fourth-order valence-electron chi connectivity index (χ4n) is 3.59. The molecule has 1 unspecified atom stereocenters. The van der Waals surface area contributed by atoms with Crippen LogP contribution >= 0.6 is 11.6 Å². The highest BCUT2D eigenvalue weighted by Crippen LogP contribution is 2.20. The fourth-order valence-corrected chi connectivity index (χ4v) is 3.77. The van der Waals surface area contributed by atoms with Crippen molar-refractivity contribution in [2.24, 2.45) is 0 Å². The van der Waals surface area contributed by atoms with E-state index in [1.165, 1.54) is 0 Å². The standard InChI is InChI=1S/C20H29ClN4O3/c1-15-3-4-17(13-18(15)21)22-19(26)14-23-5-7-24(8-6-23)16(2)20(27)25-9-11-28-12-10-25/h3-4,13,16H,5-12,14H2,1-2H3,(H,22,26). The Labute approximate surface area is 171 Å². The molecule has 0 saturated carbocycles. The summed E-state index contributed by atoms with van der Waals surface area (Å²) in [5.74, 6) is 0.122. The van der Waals surface area contributed by atoms with E-state index in [1.807, 2.05) is 30.9 Å². The average Bonchev–Trinajstić information content (AvgIpc) is 2.71. The Morgan fingerprint density at radius 3 is 2.46 bits per heavy atom. The molecule has 2 amide bonds. The molecule has 0 radical (unpaired) electrons. The van der Waals surface area contributed by atoms with Crippen LogP contribution in [-0.2, 0) is 14.3 Å². The molecule has 0 aliphatic carbocycles. The van der Waals surface area contributed by atoms with Crippen molar-refractivity contribution in [2.75, 3.05) is 64.3 Å². The number of nitrogens with zero attached hydrogens (tertiary/aromatic N) is 3. The molecular formula is C20H29ClN4O3. The van der Waals surface area contributed by atoms with Gasteiger partial charge in [0.1, 0.15) is 0 Å². The normalized spacial score (nSPS) is 20.0. The van der Waals surface area contributed by atoms with Gasteiger partial charge in [0.25, 0.3) is 0 Å². The van der Waals surface area contributed by atoms with Gasteiger partial charge < -0.3 is 15.0 Å². The van der Waals surface area contributed by atoms with Gasteiger partial charge in [-0.1, -0.05) is 17.7 Å². The lowest BCUT2D eigenvalue weighted by Gasteiger charge is -2.39. The Bertz CT molecular complexity index is 701. The van der Waals surface area contributed by atoms with Crippen molar-refractivity contribution in [1.82, 2.24) is 14.7 Å². The molecule has 8 heteroatoms. The molecule has 28 heavy (non-hydrogen) atoms. The number of benzene rings is 1. The van der Waals surface area contributed by atoms with Crippen LogP contribution in [0.15, 0.2) is 18.2 Å². The summed E-state index contributed by atoms with van der Waals surface area (Å²) in [7, 11) is 0. The molecule has 2 aliphatic rings. The van der Waals surface area contributed by atoms with Crippen molar-refractivity contribution >= 4 is 29.1 Å². The Morgan fingerprint density at radius 1 is 1.14 bits per heavy atom. The fraction of sp³-hybridized carbons (Fsp3) is 0.600. The third-order valence-corrected chi connectivity index (χ3v) is 5.86. The Kier molecular flexibility index (Phi) is 7.29. The van der Waals surface area contributed by atoms with Crippen LogP contribution in [0.1, 0.15) is 12.5 Å². The van der Waals surface area contributed by atoms with Crippen LogP contribution in [0.4, 0.5) is 5.69 Å². The van der Waals surface area contributed by atoms with E-state index < -0.39 is 0 Å². The van der Waals surface area contributed by atoms with Crippen molar-refractivity contribution in [3.8, 4) is 0 Å². The molecular weight excluding hydrogens is 380 g/mol. The zero-order valence-corrected chi connectivity index (χ0v) is 17.4. The minimum Gasteiger partial charge on any atom is -0.378 e. The lowest BCUT2D eigenvalue weighted by atomic mass is 10.2. The maximum Gasteiger partial charge on any atom is 0.239 e. The molecule has 3 rings (SSSR count). The Hall–Kier alpha value is -1.67. The van der Waals surface area contributed by atoms with E-state index in [0.717, 1.165) is 31.7 Å². The maximum atomic E-state index is 12.7. The number of rotatable bonds is 5. The first-order valence-electron chi connectivity index (χ1n) is 9.83. The second kappa shape index (κ2) is 9.69. The minimum atomic E-state index is -0.135. The number of ether oxygens (including phenoxy) is 1. The molecule has 154 valence electrons. The first-order chi connectivity index (χ1) is 13.4. The third-order valence-electron chi connectivity index (χ3n) is 5.46. The second-order valence-corrected chi connectivity index (χ2v) is 7.85. The van der Waals surface area contributed by atoms with Crippen LogP contribution < -0.4 is 5.32 Å². The van der Waals surface area contributed by atoms with Gasteiger partial charge in [0, 0.05) is 50.0 Å². The van der Waals surface area contributed by atoms with Crippen molar-refractivity contribution in [1.29, 1.82) is 0 Å². The molecule has 1 N–H and O–H groups in total.